The van der Waals surface area contributed by atoms with Crippen LogP contribution in [0.25, 0.3) is 11.1 Å². The van der Waals surface area contributed by atoms with E-state index in [4.69, 9.17) is 0 Å². The summed E-state index contributed by atoms with van der Waals surface area (Å²) >= 11 is 0. The Morgan fingerprint density at radius 2 is 1.37 bits per heavy atom. The Bertz CT molecular complexity index is 907. The van der Waals surface area contributed by atoms with Gasteiger partial charge in [0.15, 0.2) is 0 Å². The van der Waals surface area contributed by atoms with Gasteiger partial charge in [-0.2, -0.15) is 0 Å². The predicted molar refractivity (Wildman–Crippen MR) is 107 cm³/mol. The predicted octanol–water partition coefficient (Wildman–Crippen LogP) is 3.54. The molecule has 0 fully saturated rings. The number of nitrogens with one attached hydrogen (secondary N) is 1. The minimum absolute atomic E-state index is 0.0631. The fraction of sp³-hybridized carbons (Fsp3) is 0.208. The Kier molecular flexibility index (Phi) is 4.78. The van der Waals surface area contributed by atoms with Gasteiger partial charge < -0.3 is 10.4 Å². The van der Waals surface area contributed by atoms with Gasteiger partial charge in [-0.15, -0.1) is 0 Å². The number of carbonyl (C=O) groups is 1. The first-order valence-corrected chi connectivity index (χ1v) is 9.32. The lowest BCUT2D eigenvalue weighted by Crippen LogP contribution is -2.44. The minimum Gasteiger partial charge on any atom is -0.387 e. The first kappa shape index (κ1) is 17.5. The van der Waals surface area contributed by atoms with Crippen molar-refractivity contribution in [3.8, 4) is 11.1 Å². The fourth-order valence-corrected chi connectivity index (χ4v) is 3.76. The van der Waals surface area contributed by atoms with Crippen molar-refractivity contribution in [2.24, 2.45) is 0 Å². The van der Waals surface area contributed by atoms with Gasteiger partial charge in [-0.3, -0.25) is 4.79 Å². The third-order valence-electron chi connectivity index (χ3n) is 5.20. The van der Waals surface area contributed by atoms with Crippen molar-refractivity contribution >= 4 is 5.91 Å². The highest BCUT2D eigenvalue weighted by Gasteiger charge is 2.35. The molecule has 0 heterocycles. The van der Waals surface area contributed by atoms with Crippen molar-refractivity contribution < 1.29 is 9.90 Å². The van der Waals surface area contributed by atoms with Crippen LogP contribution in [0.2, 0.25) is 0 Å². The normalized spacial score (nSPS) is 14.6. The molecule has 1 aliphatic rings. The molecular weight excluding hydrogens is 334 g/mol. The lowest BCUT2D eigenvalue weighted by Gasteiger charge is -2.22. The summed E-state index contributed by atoms with van der Waals surface area (Å²) in [5, 5.41) is 13.7. The van der Waals surface area contributed by atoms with E-state index in [1.807, 2.05) is 66.7 Å². The monoisotopic (exact) mass is 357 g/mol. The molecule has 3 nitrogen and oxygen atoms in total. The largest absolute Gasteiger partial charge is 0.387 e. The Morgan fingerprint density at radius 3 is 2.00 bits per heavy atom. The molecule has 2 N–H and O–H groups in total. The average molecular weight is 357 g/mol. The van der Waals surface area contributed by atoms with Gasteiger partial charge in [0.25, 0.3) is 0 Å². The molecular formula is C24H23NO2. The fourth-order valence-electron chi connectivity index (χ4n) is 3.76. The number of rotatable bonds is 5. The maximum Gasteiger partial charge on any atom is 0.224 e. The van der Waals surface area contributed by atoms with Crippen LogP contribution in [0.3, 0.4) is 0 Å². The highest BCUT2D eigenvalue weighted by atomic mass is 16.3. The zero-order valence-corrected chi connectivity index (χ0v) is 15.2. The van der Waals surface area contributed by atoms with E-state index >= 15 is 0 Å². The van der Waals surface area contributed by atoms with Gasteiger partial charge in [-0.05, 0) is 27.8 Å². The molecule has 0 saturated carbocycles. The molecule has 0 atom stereocenters. The van der Waals surface area contributed by atoms with Crippen LogP contribution in [0.5, 0.6) is 0 Å². The van der Waals surface area contributed by atoms with E-state index in [1.165, 1.54) is 11.1 Å². The Balaban J connectivity index is 1.32. The van der Waals surface area contributed by atoms with Crippen LogP contribution >= 0.6 is 0 Å². The second kappa shape index (κ2) is 7.37. The number of amides is 1. The van der Waals surface area contributed by atoms with Crippen LogP contribution in [-0.2, 0) is 24.1 Å². The van der Waals surface area contributed by atoms with E-state index in [0.717, 1.165) is 16.7 Å². The van der Waals surface area contributed by atoms with Gasteiger partial charge in [0.05, 0.1) is 12.0 Å². The Labute approximate surface area is 159 Å². The standard InChI is InChI=1S/C24H23NO2/c26-23(25-17-24(27)15-21-8-4-5-9-22(21)16-24)14-18-10-12-20(13-11-18)19-6-2-1-3-7-19/h1-13,27H,14-17H2,(H,25,26). The van der Waals surface area contributed by atoms with E-state index in [9.17, 15) is 9.90 Å². The molecule has 0 radical (unpaired) electrons. The van der Waals surface area contributed by atoms with Crippen LogP contribution in [0.1, 0.15) is 16.7 Å². The van der Waals surface area contributed by atoms with Crippen LogP contribution < -0.4 is 5.32 Å². The summed E-state index contributed by atoms with van der Waals surface area (Å²) in [6.45, 7) is 0.280. The molecule has 136 valence electrons. The second-order valence-electron chi connectivity index (χ2n) is 7.36. The summed E-state index contributed by atoms with van der Waals surface area (Å²) < 4.78 is 0. The van der Waals surface area contributed by atoms with E-state index < -0.39 is 5.60 Å². The number of carbonyl (C=O) groups excluding carboxylic acids is 1. The molecule has 3 aromatic rings. The molecule has 27 heavy (non-hydrogen) atoms. The lowest BCUT2D eigenvalue weighted by molar-refractivity contribution is -0.121. The van der Waals surface area contributed by atoms with Crippen LogP contribution in [0.4, 0.5) is 0 Å². The number of fused-ring (bicyclic) bond motifs is 1. The molecule has 4 rings (SSSR count). The lowest BCUT2D eigenvalue weighted by atomic mass is 10.00. The summed E-state index contributed by atoms with van der Waals surface area (Å²) in [6.07, 6.45) is 1.50. The van der Waals surface area contributed by atoms with Crippen molar-refractivity contribution in [2.45, 2.75) is 24.9 Å². The van der Waals surface area contributed by atoms with Crippen molar-refractivity contribution in [1.82, 2.24) is 5.32 Å². The molecule has 1 aliphatic carbocycles. The molecule has 0 saturated heterocycles. The molecule has 1 amide bonds. The van der Waals surface area contributed by atoms with Crippen molar-refractivity contribution in [3.63, 3.8) is 0 Å². The summed E-state index contributed by atoms with van der Waals surface area (Å²) in [5.74, 6) is -0.0631. The van der Waals surface area contributed by atoms with E-state index in [-0.39, 0.29) is 12.5 Å². The Hall–Kier alpha value is -2.91. The van der Waals surface area contributed by atoms with Crippen molar-refractivity contribution in [2.75, 3.05) is 6.54 Å². The third-order valence-corrected chi connectivity index (χ3v) is 5.20. The maximum absolute atomic E-state index is 12.3. The molecule has 0 unspecified atom stereocenters. The molecule has 3 heteroatoms. The number of hydrogen-bond acceptors (Lipinski definition) is 2. The topological polar surface area (TPSA) is 49.3 Å². The zero-order valence-electron chi connectivity index (χ0n) is 15.2. The number of aliphatic hydroxyl groups is 1. The van der Waals surface area contributed by atoms with Crippen LogP contribution in [0, 0.1) is 0 Å². The SMILES string of the molecule is O=C(Cc1ccc(-c2ccccc2)cc1)NCC1(O)Cc2ccccc2C1. The first-order valence-electron chi connectivity index (χ1n) is 9.32. The quantitative estimate of drug-likeness (QED) is 0.734. The van der Waals surface area contributed by atoms with Crippen molar-refractivity contribution in [1.29, 1.82) is 0 Å². The highest BCUT2D eigenvalue weighted by Crippen LogP contribution is 2.29. The number of hydrogen-bond donors (Lipinski definition) is 2. The third kappa shape index (κ3) is 4.09. The number of benzene rings is 3. The molecule has 0 spiro atoms. The molecule has 0 aromatic heterocycles. The summed E-state index contributed by atoms with van der Waals surface area (Å²) in [4.78, 5) is 12.3. The first-order chi connectivity index (χ1) is 13.1. The highest BCUT2D eigenvalue weighted by molar-refractivity contribution is 5.79. The van der Waals surface area contributed by atoms with Crippen LogP contribution in [0.15, 0.2) is 78.9 Å². The molecule has 0 bridgehead atoms. The maximum atomic E-state index is 12.3. The van der Waals surface area contributed by atoms with Gasteiger partial charge in [0.1, 0.15) is 0 Å². The summed E-state index contributed by atoms with van der Waals surface area (Å²) in [6, 6.07) is 26.3. The Morgan fingerprint density at radius 1 is 0.815 bits per heavy atom. The minimum atomic E-state index is -0.878. The van der Waals surface area contributed by atoms with Gasteiger partial charge >= 0.3 is 0 Å². The van der Waals surface area contributed by atoms with E-state index in [2.05, 4.69) is 17.4 Å². The van der Waals surface area contributed by atoms with Crippen molar-refractivity contribution in [3.05, 3.63) is 95.6 Å². The van der Waals surface area contributed by atoms with E-state index in [1.54, 1.807) is 0 Å². The zero-order chi connectivity index (χ0) is 18.7. The average Bonchev–Trinajstić information content (AvgIpc) is 3.04. The van der Waals surface area contributed by atoms with Gasteiger partial charge in [-0.1, -0.05) is 78.9 Å². The second-order valence-corrected chi connectivity index (χ2v) is 7.36. The summed E-state index contributed by atoms with van der Waals surface area (Å²) in [5.41, 5.74) is 4.73. The smallest absolute Gasteiger partial charge is 0.224 e. The van der Waals surface area contributed by atoms with Gasteiger partial charge in [0, 0.05) is 19.4 Å². The van der Waals surface area contributed by atoms with Gasteiger partial charge in [-0.25, -0.2) is 0 Å². The van der Waals surface area contributed by atoms with E-state index in [0.29, 0.717) is 19.3 Å². The molecule has 3 aromatic carbocycles. The molecule has 0 aliphatic heterocycles. The summed E-state index contributed by atoms with van der Waals surface area (Å²) in [7, 11) is 0. The van der Waals surface area contributed by atoms with Crippen LogP contribution in [-0.4, -0.2) is 23.2 Å². The van der Waals surface area contributed by atoms with Gasteiger partial charge in [0.2, 0.25) is 5.91 Å².